The summed E-state index contributed by atoms with van der Waals surface area (Å²) in [4.78, 5) is 16.6. The van der Waals surface area contributed by atoms with Crippen LogP contribution in [0, 0.1) is 47.6 Å². The van der Waals surface area contributed by atoms with Gasteiger partial charge < -0.3 is 14.6 Å². The van der Waals surface area contributed by atoms with E-state index in [-0.39, 0.29) is 16.7 Å². The number of carbonyl (C=O) groups excluding carboxylic acids is 1. The van der Waals surface area contributed by atoms with Gasteiger partial charge in [-0.3, -0.25) is 0 Å². The third-order valence-electron chi connectivity index (χ3n) is 4.93. The summed E-state index contributed by atoms with van der Waals surface area (Å²) >= 11 is 0. The van der Waals surface area contributed by atoms with Crippen molar-refractivity contribution in [3.63, 3.8) is 0 Å². The zero-order chi connectivity index (χ0) is 26.9. The lowest BCUT2D eigenvalue weighted by Gasteiger charge is -2.15. The van der Waals surface area contributed by atoms with Crippen molar-refractivity contribution in [2.45, 2.75) is 20.8 Å². The highest BCUT2D eigenvalue weighted by Crippen LogP contribution is 2.34. The number of benzene rings is 3. The third-order valence-corrected chi connectivity index (χ3v) is 4.93. The smallest absolute Gasteiger partial charge is 0.346 e. The fraction of sp³-hybridized carbons (Fsp3) is 0.167. The van der Waals surface area contributed by atoms with Gasteiger partial charge in [0.25, 0.3) is 0 Å². The molecule has 12 heteroatoms. The highest BCUT2D eigenvalue weighted by Gasteiger charge is 2.31. The van der Waals surface area contributed by atoms with E-state index in [2.05, 4.69) is 15.0 Å². The average Bonchev–Trinajstić information content (AvgIpc) is 3.24. The van der Waals surface area contributed by atoms with Crippen LogP contribution in [0.15, 0.2) is 30.6 Å². The van der Waals surface area contributed by atoms with Crippen LogP contribution in [0.3, 0.4) is 0 Å². The van der Waals surface area contributed by atoms with Gasteiger partial charge in [0, 0.05) is 7.05 Å². The van der Waals surface area contributed by atoms with Gasteiger partial charge in [0.2, 0.25) is 34.8 Å². The quantitative estimate of drug-likeness (QED) is 0.107. The first-order valence-electron chi connectivity index (χ1n) is 10.4. The Hall–Kier alpha value is -4.09. The summed E-state index contributed by atoms with van der Waals surface area (Å²) in [7, 11) is 1.45. The van der Waals surface area contributed by atoms with E-state index in [0.29, 0.717) is 5.56 Å². The second-order valence-electron chi connectivity index (χ2n) is 7.23. The molecule has 1 N–H and O–H groups in total. The molecule has 5 nitrogen and oxygen atoms in total. The first kappa shape index (κ1) is 26.5. The summed E-state index contributed by atoms with van der Waals surface area (Å²) in [6.07, 6.45) is 1.20. The average molecular weight is 513 g/mol. The van der Waals surface area contributed by atoms with Gasteiger partial charge in [-0.15, -0.1) is 0 Å². The number of halogens is 7. The van der Waals surface area contributed by atoms with Crippen LogP contribution < -0.4 is 10.1 Å². The maximum Gasteiger partial charge on any atom is 0.346 e. The summed E-state index contributed by atoms with van der Waals surface area (Å²) in [5.74, 6) is -17.4. The lowest BCUT2D eigenvalue weighted by molar-refractivity contribution is 0.0716. The molecule has 0 aliphatic carbocycles. The zero-order valence-electron chi connectivity index (χ0n) is 19.2. The predicted octanol–water partition coefficient (Wildman–Crippen LogP) is 6.84. The Labute approximate surface area is 200 Å². The van der Waals surface area contributed by atoms with Crippen molar-refractivity contribution in [3.8, 4) is 5.75 Å². The molecule has 1 aromatic heterocycles. The van der Waals surface area contributed by atoms with Crippen LogP contribution in [-0.4, -0.2) is 15.5 Å². The molecule has 0 aliphatic rings. The molecule has 4 rings (SSSR count). The van der Waals surface area contributed by atoms with Crippen molar-refractivity contribution in [1.82, 2.24) is 9.55 Å². The lowest BCUT2D eigenvalue weighted by Crippen LogP contribution is -2.16. The summed E-state index contributed by atoms with van der Waals surface area (Å²) in [6, 6.07) is 4.85. The van der Waals surface area contributed by atoms with Gasteiger partial charge in [-0.2, -0.15) is 8.78 Å². The Bertz CT molecular complexity index is 1460. The van der Waals surface area contributed by atoms with Crippen LogP contribution in [0.5, 0.6) is 5.75 Å². The number of aryl methyl sites for hydroxylation is 2. The third kappa shape index (κ3) is 4.58. The molecule has 0 radical (unpaired) electrons. The normalized spacial score (nSPS) is 10.8. The number of aromatic nitrogens is 2. The number of hydrogen-bond acceptors (Lipinski definition) is 4. The van der Waals surface area contributed by atoms with Gasteiger partial charge in [-0.25, -0.2) is 31.7 Å². The van der Waals surface area contributed by atoms with Crippen LogP contribution in [-0.2, 0) is 7.05 Å². The van der Waals surface area contributed by atoms with Crippen LogP contribution in [0.25, 0.3) is 11.0 Å². The highest BCUT2D eigenvalue weighted by atomic mass is 19.2. The molecule has 0 spiro atoms. The minimum absolute atomic E-state index is 0.0248. The van der Waals surface area contributed by atoms with E-state index in [9.17, 15) is 31.1 Å². The molecular weight excluding hydrogens is 495 g/mol. The van der Waals surface area contributed by atoms with E-state index in [1.54, 1.807) is 6.92 Å². The molecule has 0 bridgehead atoms. The lowest BCUT2D eigenvalue weighted by atomic mass is 10.1. The monoisotopic (exact) mass is 513 g/mol. The summed E-state index contributed by atoms with van der Waals surface area (Å²) in [5.41, 5.74) is -1.37. The van der Waals surface area contributed by atoms with Crippen LogP contribution in [0.2, 0.25) is 0 Å². The standard InChI is InChI=1S/C22H12F7N3O2.C2H6/c1-8-3-4-11(10(23)5-8)31-19-9(6-12-20(18(19)29)30-7-32(12)2)22(33)34-21-16(27)14(25)13(24)15(26)17(21)28;1-2/h3-7,31H,1-2H3;1-2H3. The molecule has 190 valence electrons. The van der Waals surface area contributed by atoms with Crippen LogP contribution in [0.4, 0.5) is 42.1 Å². The Morgan fingerprint density at radius 3 is 2.06 bits per heavy atom. The first-order valence-corrected chi connectivity index (χ1v) is 10.4. The number of rotatable bonds is 4. The molecule has 0 saturated carbocycles. The van der Waals surface area contributed by atoms with Gasteiger partial charge >= 0.3 is 5.97 Å². The van der Waals surface area contributed by atoms with Gasteiger partial charge in [0.05, 0.1) is 28.8 Å². The highest BCUT2D eigenvalue weighted by molar-refractivity contribution is 6.02. The molecule has 0 unspecified atom stereocenters. The summed E-state index contributed by atoms with van der Waals surface area (Å²) < 4.78 is 104. The number of nitrogens with one attached hydrogen (secondary N) is 1. The van der Waals surface area contributed by atoms with E-state index in [4.69, 9.17) is 0 Å². The number of esters is 1. The number of nitrogens with zero attached hydrogens (tertiary/aromatic N) is 2. The van der Waals surface area contributed by atoms with Crippen LogP contribution in [0.1, 0.15) is 29.8 Å². The Kier molecular flexibility index (Phi) is 7.56. The second kappa shape index (κ2) is 10.3. The number of anilines is 2. The first-order chi connectivity index (χ1) is 17.0. The van der Waals surface area contributed by atoms with Gasteiger partial charge in [-0.1, -0.05) is 19.9 Å². The molecule has 0 aliphatic heterocycles. The van der Waals surface area contributed by atoms with E-state index in [1.165, 1.54) is 30.1 Å². The maximum atomic E-state index is 15.3. The topological polar surface area (TPSA) is 56.1 Å². The molecule has 1 heterocycles. The zero-order valence-corrected chi connectivity index (χ0v) is 19.2. The van der Waals surface area contributed by atoms with Crippen LogP contribution >= 0.6 is 0 Å². The minimum Gasteiger partial charge on any atom is -0.416 e. The van der Waals surface area contributed by atoms with Crippen molar-refractivity contribution >= 4 is 28.4 Å². The van der Waals surface area contributed by atoms with E-state index in [1.807, 2.05) is 13.8 Å². The van der Waals surface area contributed by atoms with Crippen molar-refractivity contribution < 1.29 is 40.3 Å². The van der Waals surface area contributed by atoms with Gasteiger partial charge in [-0.05, 0) is 30.7 Å². The number of hydrogen-bond donors (Lipinski definition) is 1. The SMILES string of the molecule is CC.Cc1ccc(Nc2c(C(=O)Oc3c(F)c(F)c(F)c(F)c3F)cc3c(ncn3C)c2F)c(F)c1. The van der Waals surface area contributed by atoms with Gasteiger partial charge in [0.15, 0.2) is 5.82 Å². The molecule has 0 saturated heterocycles. The predicted molar refractivity (Wildman–Crippen MR) is 118 cm³/mol. The summed E-state index contributed by atoms with van der Waals surface area (Å²) in [5, 5.41) is 2.37. The largest absolute Gasteiger partial charge is 0.416 e. The Balaban J connectivity index is 0.00000176. The van der Waals surface area contributed by atoms with E-state index < -0.39 is 63.7 Å². The molecule has 3 aromatic carbocycles. The van der Waals surface area contributed by atoms with E-state index >= 15 is 4.39 Å². The number of fused-ring (bicyclic) bond motifs is 1. The van der Waals surface area contributed by atoms with E-state index in [0.717, 1.165) is 12.1 Å². The van der Waals surface area contributed by atoms with Gasteiger partial charge in [0.1, 0.15) is 11.3 Å². The fourth-order valence-corrected chi connectivity index (χ4v) is 3.19. The molecule has 0 amide bonds. The fourth-order valence-electron chi connectivity index (χ4n) is 3.19. The Morgan fingerprint density at radius 2 is 1.47 bits per heavy atom. The number of imidazole rings is 1. The van der Waals surface area contributed by atoms with Crippen molar-refractivity contribution in [2.75, 3.05) is 5.32 Å². The molecule has 0 fully saturated rings. The Morgan fingerprint density at radius 1 is 0.889 bits per heavy atom. The minimum atomic E-state index is -2.45. The maximum absolute atomic E-state index is 15.3. The summed E-state index contributed by atoms with van der Waals surface area (Å²) in [6.45, 7) is 5.60. The molecule has 36 heavy (non-hydrogen) atoms. The molecule has 4 aromatic rings. The van der Waals surface area contributed by atoms with Crippen molar-refractivity contribution in [2.24, 2.45) is 7.05 Å². The van der Waals surface area contributed by atoms with Crippen molar-refractivity contribution in [1.29, 1.82) is 0 Å². The van der Waals surface area contributed by atoms with Crippen molar-refractivity contribution in [3.05, 3.63) is 82.4 Å². The number of ether oxygens (including phenoxy) is 1. The second-order valence-corrected chi connectivity index (χ2v) is 7.23. The molecular formula is C24H18F7N3O2. The number of carbonyl (C=O) groups is 1. The molecule has 0 atom stereocenters.